The van der Waals surface area contributed by atoms with Gasteiger partial charge in [0.1, 0.15) is 0 Å². The molecule has 0 aliphatic rings. The topological polar surface area (TPSA) is 29.9 Å². The fourth-order valence-corrected chi connectivity index (χ4v) is 2.78. The lowest BCUT2D eigenvalue weighted by atomic mass is 9.75. The van der Waals surface area contributed by atoms with Crippen LogP contribution in [-0.4, -0.2) is 23.4 Å². The number of hydrogen-bond donors (Lipinski definition) is 1. The Morgan fingerprint density at radius 1 is 1.37 bits per heavy atom. The molecule has 1 atom stereocenters. The van der Waals surface area contributed by atoms with Crippen molar-refractivity contribution in [3.63, 3.8) is 0 Å². The minimum atomic E-state index is 0.191. The zero-order valence-corrected chi connectivity index (χ0v) is 13.9. The third kappa shape index (κ3) is 3.51. The van der Waals surface area contributed by atoms with Crippen molar-refractivity contribution in [3.8, 4) is 0 Å². The van der Waals surface area contributed by atoms with Crippen LogP contribution in [0.25, 0.3) is 0 Å². The summed E-state index contributed by atoms with van der Waals surface area (Å²) in [5.74, 6) is 0.585. The van der Waals surface area contributed by atoms with Gasteiger partial charge in [0.05, 0.1) is 16.4 Å². The maximum Gasteiger partial charge on any atom is 0.0850 e. The molecule has 0 aliphatic carbocycles. The fraction of sp³-hybridized carbons (Fsp3) is 0.800. The summed E-state index contributed by atoms with van der Waals surface area (Å²) in [5, 5.41) is 8.80. The monoisotopic (exact) mass is 285 g/mol. The van der Waals surface area contributed by atoms with Gasteiger partial charge in [-0.1, -0.05) is 39.3 Å². The molecule has 3 nitrogen and oxygen atoms in total. The second-order valence-electron chi connectivity index (χ2n) is 5.89. The number of halogens is 1. The Hall–Kier alpha value is -0.540. The number of aryl methyl sites for hydroxylation is 2. The Balaban J connectivity index is 3.12. The van der Waals surface area contributed by atoms with Gasteiger partial charge < -0.3 is 5.32 Å². The van der Waals surface area contributed by atoms with E-state index in [4.69, 9.17) is 11.6 Å². The van der Waals surface area contributed by atoms with Gasteiger partial charge in [-0.2, -0.15) is 5.10 Å². The first kappa shape index (κ1) is 16.5. The van der Waals surface area contributed by atoms with Crippen LogP contribution in [0.4, 0.5) is 0 Å². The molecule has 0 saturated carbocycles. The van der Waals surface area contributed by atoms with Gasteiger partial charge in [-0.3, -0.25) is 4.68 Å². The number of rotatable bonds is 7. The van der Waals surface area contributed by atoms with Crippen LogP contribution >= 0.6 is 11.6 Å². The van der Waals surface area contributed by atoms with Crippen molar-refractivity contribution in [2.24, 2.45) is 11.3 Å². The molecule has 0 spiro atoms. The summed E-state index contributed by atoms with van der Waals surface area (Å²) < 4.78 is 2.07. The second-order valence-corrected chi connectivity index (χ2v) is 6.27. The van der Waals surface area contributed by atoms with Crippen molar-refractivity contribution in [1.29, 1.82) is 0 Å². The fourth-order valence-electron chi connectivity index (χ4n) is 2.44. The summed E-state index contributed by atoms with van der Waals surface area (Å²) >= 11 is 6.52. The molecule has 0 saturated heterocycles. The van der Waals surface area contributed by atoms with Crippen molar-refractivity contribution in [2.75, 3.05) is 13.6 Å². The molecule has 1 unspecified atom stereocenters. The van der Waals surface area contributed by atoms with Gasteiger partial charge in [0.2, 0.25) is 0 Å². The van der Waals surface area contributed by atoms with E-state index in [1.54, 1.807) is 0 Å². The standard InChI is InChI=1S/C15H28ClN3/c1-7-12-14(16)13(19(8-2)18-12)9-15(5,10-17-6)11(3)4/h11,17H,7-10H2,1-6H3. The zero-order chi connectivity index (χ0) is 14.6. The molecule has 19 heavy (non-hydrogen) atoms. The third-order valence-electron chi connectivity index (χ3n) is 4.24. The lowest BCUT2D eigenvalue weighted by Gasteiger charge is -2.34. The number of hydrogen-bond acceptors (Lipinski definition) is 2. The largest absolute Gasteiger partial charge is 0.319 e. The number of nitrogens with one attached hydrogen (secondary N) is 1. The Morgan fingerprint density at radius 3 is 2.42 bits per heavy atom. The zero-order valence-electron chi connectivity index (χ0n) is 13.2. The van der Waals surface area contributed by atoms with Crippen molar-refractivity contribution in [3.05, 3.63) is 16.4 Å². The molecule has 0 aliphatic heterocycles. The molecule has 1 rings (SSSR count). The molecule has 0 radical (unpaired) electrons. The Bertz CT molecular complexity index is 412. The Labute approximate surface area is 122 Å². The lowest BCUT2D eigenvalue weighted by Crippen LogP contribution is -2.37. The molecule has 1 aromatic heterocycles. The molecule has 0 amide bonds. The van der Waals surface area contributed by atoms with Crippen molar-refractivity contribution in [1.82, 2.24) is 15.1 Å². The summed E-state index contributed by atoms with van der Waals surface area (Å²) in [7, 11) is 2.01. The molecule has 110 valence electrons. The van der Waals surface area contributed by atoms with Gasteiger partial charge >= 0.3 is 0 Å². The Kier molecular flexibility index (Phi) is 5.87. The van der Waals surface area contributed by atoms with Crippen LogP contribution in [0, 0.1) is 11.3 Å². The van der Waals surface area contributed by atoms with Crippen LogP contribution < -0.4 is 5.32 Å². The molecule has 0 fully saturated rings. The van der Waals surface area contributed by atoms with Gasteiger partial charge in [0.15, 0.2) is 0 Å². The number of nitrogens with zero attached hydrogens (tertiary/aromatic N) is 2. The average Bonchev–Trinajstić information content (AvgIpc) is 2.66. The van der Waals surface area contributed by atoms with E-state index in [1.165, 1.54) is 5.69 Å². The van der Waals surface area contributed by atoms with Gasteiger partial charge in [0, 0.05) is 13.1 Å². The highest BCUT2D eigenvalue weighted by atomic mass is 35.5. The highest BCUT2D eigenvalue weighted by Gasteiger charge is 2.31. The van der Waals surface area contributed by atoms with E-state index >= 15 is 0 Å². The molecular weight excluding hydrogens is 258 g/mol. The van der Waals surface area contributed by atoms with Gasteiger partial charge in [-0.05, 0) is 38.1 Å². The van der Waals surface area contributed by atoms with Gasteiger partial charge in [-0.25, -0.2) is 0 Å². The van der Waals surface area contributed by atoms with E-state index in [9.17, 15) is 0 Å². The van der Waals surface area contributed by atoms with Crippen LogP contribution in [0.2, 0.25) is 5.02 Å². The summed E-state index contributed by atoms with van der Waals surface area (Å²) in [6.45, 7) is 13.0. The van der Waals surface area contributed by atoms with Crippen LogP contribution in [0.3, 0.4) is 0 Å². The first-order valence-electron chi connectivity index (χ1n) is 7.28. The van der Waals surface area contributed by atoms with E-state index in [2.05, 4.69) is 49.7 Å². The average molecular weight is 286 g/mol. The second kappa shape index (κ2) is 6.76. The predicted molar refractivity (Wildman–Crippen MR) is 82.9 cm³/mol. The van der Waals surface area contributed by atoms with E-state index in [0.29, 0.717) is 5.92 Å². The summed E-state index contributed by atoms with van der Waals surface area (Å²) in [4.78, 5) is 0. The molecule has 1 heterocycles. The van der Waals surface area contributed by atoms with Gasteiger partial charge in [-0.15, -0.1) is 0 Å². The van der Waals surface area contributed by atoms with Crippen LogP contribution in [-0.2, 0) is 19.4 Å². The Morgan fingerprint density at radius 2 is 2.00 bits per heavy atom. The molecule has 0 bridgehead atoms. The number of aromatic nitrogens is 2. The van der Waals surface area contributed by atoms with E-state index in [-0.39, 0.29) is 5.41 Å². The molecule has 1 N–H and O–H groups in total. The van der Waals surface area contributed by atoms with Crippen LogP contribution in [0.1, 0.15) is 46.0 Å². The molecule has 0 aromatic carbocycles. The van der Waals surface area contributed by atoms with Crippen LogP contribution in [0.5, 0.6) is 0 Å². The van der Waals surface area contributed by atoms with Crippen LogP contribution in [0.15, 0.2) is 0 Å². The third-order valence-corrected chi connectivity index (χ3v) is 4.68. The van der Waals surface area contributed by atoms with Crippen molar-refractivity contribution in [2.45, 2.75) is 54.0 Å². The maximum absolute atomic E-state index is 6.52. The van der Waals surface area contributed by atoms with E-state index in [0.717, 1.165) is 36.6 Å². The van der Waals surface area contributed by atoms with E-state index < -0.39 is 0 Å². The predicted octanol–water partition coefficient (Wildman–Crippen LogP) is 3.54. The van der Waals surface area contributed by atoms with Crippen molar-refractivity contribution < 1.29 is 0 Å². The lowest BCUT2D eigenvalue weighted by molar-refractivity contribution is 0.207. The normalized spacial score (nSPS) is 14.9. The minimum Gasteiger partial charge on any atom is -0.319 e. The summed E-state index contributed by atoms with van der Waals surface area (Å²) in [6, 6.07) is 0. The van der Waals surface area contributed by atoms with Gasteiger partial charge in [0.25, 0.3) is 0 Å². The quantitative estimate of drug-likeness (QED) is 0.830. The molecule has 1 aromatic rings. The first-order valence-corrected chi connectivity index (χ1v) is 7.66. The SMILES string of the molecule is CCc1nn(CC)c(CC(C)(CNC)C(C)C)c1Cl. The maximum atomic E-state index is 6.52. The van der Waals surface area contributed by atoms with Crippen molar-refractivity contribution >= 4 is 11.6 Å². The summed E-state index contributed by atoms with van der Waals surface area (Å²) in [5.41, 5.74) is 2.40. The summed E-state index contributed by atoms with van der Waals surface area (Å²) in [6.07, 6.45) is 1.86. The highest BCUT2D eigenvalue weighted by Crippen LogP contribution is 2.34. The molecule has 4 heteroatoms. The van der Waals surface area contributed by atoms with E-state index in [1.807, 2.05) is 7.05 Å². The molecular formula is C15H28ClN3. The smallest absolute Gasteiger partial charge is 0.0850 e. The first-order chi connectivity index (χ1) is 8.89. The minimum absolute atomic E-state index is 0.191. The highest BCUT2D eigenvalue weighted by molar-refractivity contribution is 6.31.